The lowest BCUT2D eigenvalue weighted by Crippen LogP contribution is -1.98. The summed E-state index contributed by atoms with van der Waals surface area (Å²) in [6, 6.07) is 0. The van der Waals surface area contributed by atoms with Crippen LogP contribution in [0.5, 0.6) is 0 Å². The summed E-state index contributed by atoms with van der Waals surface area (Å²) in [4.78, 5) is 0. The molecule has 0 heterocycles. The van der Waals surface area contributed by atoms with Gasteiger partial charge in [0.15, 0.2) is 0 Å². The lowest BCUT2D eigenvalue weighted by atomic mass is 10.6. The second-order valence-electron chi connectivity index (χ2n) is 1.73. The molecule has 0 amide bonds. The van der Waals surface area contributed by atoms with Crippen LogP contribution in [0.3, 0.4) is 0 Å². The fourth-order valence-corrected chi connectivity index (χ4v) is 0.221. The SMILES string of the molecule is CC/C=N/N=N\N(C)C. The van der Waals surface area contributed by atoms with E-state index in [2.05, 4.69) is 15.5 Å². The smallest absolute Gasteiger partial charge is 0.0286 e. The van der Waals surface area contributed by atoms with E-state index in [-0.39, 0.29) is 0 Å². The predicted octanol–water partition coefficient (Wildman–Crippen LogP) is 1.31. The number of hydrogen-bond donors (Lipinski definition) is 0. The minimum absolute atomic E-state index is 0.895. The molecule has 0 spiro atoms. The van der Waals surface area contributed by atoms with Crippen LogP contribution in [-0.4, -0.2) is 25.3 Å². The molecule has 52 valence electrons. The third-order valence-corrected chi connectivity index (χ3v) is 0.535. The molecule has 0 rings (SSSR count). The summed E-state index contributed by atoms with van der Waals surface area (Å²) in [5.74, 6) is 0. The van der Waals surface area contributed by atoms with Crippen LogP contribution in [0.2, 0.25) is 0 Å². The van der Waals surface area contributed by atoms with Crippen LogP contribution in [0.25, 0.3) is 0 Å². The van der Waals surface area contributed by atoms with Crippen molar-refractivity contribution in [2.75, 3.05) is 14.1 Å². The summed E-state index contributed by atoms with van der Waals surface area (Å²) < 4.78 is 0. The van der Waals surface area contributed by atoms with Crippen molar-refractivity contribution in [2.45, 2.75) is 13.3 Å². The molecule has 0 aliphatic rings. The zero-order valence-electron chi connectivity index (χ0n) is 6.07. The van der Waals surface area contributed by atoms with E-state index in [1.807, 2.05) is 6.92 Å². The van der Waals surface area contributed by atoms with Crippen molar-refractivity contribution < 1.29 is 0 Å². The van der Waals surface area contributed by atoms with Crippen LogP contribution >= 0.6 is 0 Å². The van der Waals surface area contributed by atoms with E-state index in [4.69, 9.17) is 0 Å². The van der Waals surface area contributed by atoms with Crippen LogP contribution < -0.4 is 0 Å². The van der Waals surface area contributed by atoms with E-state index in [1.165, 1.54) is 0 Å². The van der Waals surface area contributed by atoms with Gasteiger partial charge in [-0.25, -0.2) is 0 Å². The van der Waals surface area contributed by atoms with Gasteiger partial charge < -0.3 is 0 Å². The minimum atomic E-state index is 0.895. The molecule has 0 saturated carbocycles. The minimum Gasteiger partial charge on any atom is -0.283 e. The maximum Gasteiger partial charge on any atom is 0.0286 e. The standard InChI is InChI=1S/C5H12N4/c1-4-5-6-7-8-9(2)3/h5H,4H2,1-3H3/b6-5+,8-7-. The van der Waals surface area contributed by atoms with Gasteiger partial charge in [-0.15, -0.1) is 5.10 Å². The Bertz CT molecular complexity index is 106. The lowest BCUT2D eigenvalue weighted by molar-refractivity contribution is 0.400. The van der Waals surface area contributed by atoms with E-state index in [1.54, 1.807) is 25.3 Å². The summed E-state index contributed by atoms with van der Waals surface area (Å²) in [6.45, 7) is 1.99. The average molecular weight is 128 g/mol. The molecule has 0 aliphatic carbocycles. The highest BCUT2D eigenvalue weighted by Crippen LogP contribution is 1.79. The molecular weight excluding hydrogens is 116 g/mol. The number of rotatable bonds is 3. The van der Waals surface area contributed by atoms with E-state index in [9.17, 15) is 0 Å². The van der Waals surface area contributed by atoms with Crippen molar-refractivity contribution in [1.29, 1.82) is 0 Å². The molecule has 9 heavy (non-hydrogen) atoms. The zero-order valence-corrected chi connectivity index (χ0v) is 6.07. The highest BCUT2D eigenvalue weighted by Gasteiger charge is 1.72. The molecular formula is C5H12N4. The third-order valence-electron chi connectivity index (χ3n) is 0.535. The number of nitrogens with zero attached hydrogens (tertiary/aromatic N) is 4. The van der Waals surface area contributed by atoms with E-state index < -0.39 is 0 Å². The van der Waals surface area contributed by atoms with Crippen LogP contribution in [-0.2, 0) is 0 Å². The maximum atomic E-state index is 3.62. The van der Waals surface area contributed by atoms with Gasteiger partial charge in [-0.2, -0.15) is 0 Å². The summed E-state index contributed by atoms with van der Waals surface area (Å²) >= 11 is 0. The summed E-state index contributed by atoms with van der Waals surface area (Å²) in [5.41, 5.74) is 0. The molecule has 0 fully saturated rings. The molecule has 0 aromatic rings. The van der Waals surface area contributed by atoms with Gasteiger partial charge in [-0.05, 0) is 11.6 Å². The second kappa shape index (κ2) is 5.21. The quantitative estimate of drug-likeness (QED) is 0.321. The monoisotopic (exact) mass is 128 g/mol. The van der Waals surface area contributed by atoms with Crippen LogP contribution in [0.15, 0.2) is 15.5 Å². The number of hydrogen-bond acceptors (Lipinski definition) is 2. The zero-order chi connectivity index (χ0) is 7.11. The Morgan fingerprint density at radius 1 is 1.44 bits per heavy atom. The van der Waals surface area contributed by atoms with Crippen molar-refractivity contribution in [3.05, 3.63) is 0 Å². The van der Waals surface area contributed by atoms with Crippen LogP contribution in [0, 0.1) is 0 Å². The highest BCUT2D eigenvalue weighted by molar-refractivity contribution is 5.55. The van der Waals surface area contributed by atoms with Gasteiger partial charge in [-0.3, -0.25) is 5.01 Å². The van der Waals surface area contributed by atoms with E-state index in [0.29, 0.717) is 0 Å². The molecule has 0 unspecified atom stereocenters. The van der Waals surface area contributed by atoms with Gasteiger partial charge in [0.1, 0.15) is 0 Å². The van der Waals surface area contributed by atoms with Crippen LogP contribution in [0.1, 0.15) is 13.3 Å². The first-order chi connectivity index (χ1) is 4.27. The normalized spacial score (nSPS) is 11.4. The van der Waals surface area contributed by atoms with Crippen LogP contribution in [0.4, 0.5) is 0 Å². The Hall–Kier alpha value is -0.930. The molecule has 0 radical (unpaired) electrons. The molecule has 0 bridgehead atoms. The predicted molar refractivity (Wildman–Crippen MR) is 37.3 cm³/mol. The maximum absolute atomic E-state index is 3.62. The van der Waals surface area contributed by atoms with Gasteiger partial charge in [0.2, 0.25) is 0 Å². The Kier molecular flexibility index (Phi) is 4.67. The summed E-state index contributed by atoms with van der Waals surface area (Å²) in [6.07, 6.45) is 2.60. The van der Waals surface area contributed by atoms with Crippen molar-refractivity contribution in [3.63, 3.8) is 0 Å². The Morgan fingerprint density at radius 3 is 2.56 bits per heavy atom. The molecule has 0 saturated heterocycles. The second-order valence-corrected chi connectivity index (χ2v) is 1.73. The third kappa shape index (κ3) is 7.07. The van der Waals surface area contributed by atoms with E-state index >= 15 is 0 Å². The van der Waals surface area contributed by atoms with Gasteiger partial charge in [0.05, 0.1) is 0 Å². The molecule has 4 heteroatoms. The summed E-state index contributed by atoms with van der Waals surface area (Å²) in [5, 5.41) is 12.3. The first-order valence-corrected chi connectivity index (χ1v) is 2.87. The van der Waals surface area contributed by atoms with Gasteiger partial charge in [0.25, 0.3) is 0 Å². The lowest BCUT2D eigenvalue weighted by Gasteiger charge is -1.96. The Morgan fingerprint density at radius 2 is 2.11 bits per heavy atom. The van der Waals surface area contributed by atoms with Gasteiger partial charge >= 0.3 is 0 Å². The summed E-state index contributed by atoms with van der Waals surface area (Å²) in [7, 11) is 3.59. The molecule has 0 N–H and O–H groups in total. The first-order valence-electron chi connectivity index (χ1n) is 2.87. The van der Waals surface area contributed by atoms with Crippen molar-refractivity contribution in [2.24, 2.45) is 15.5 Å². The molecule has 0 aromatic carbocycles. The van der Waals surface area contributed by atoms with Crippen molar-refractivity contribution in [1.82, 2.24) is 5.01 Å². The van der Waals surface area contributed by atoms with Crippen molar-refractivity contribution in [3.8, 4) is 0 Å². The molecule has 0 atom stereocenters. The Labute approximate surface area is 55.2 Å². The fourth-order valence-electron chi connectivity index (χ4n) is 0.221. The molecule has 0 aliphatic heterocycles. The average Bonchev–Trinajstić information content (AvgIpc) is 1.80. The Balaban J connectivity index is 3.35. The largest absolute Gasteiger partial charge is 0.283 e. The topological polar surface area (TPSA) is 40.3 Å². The molecule has 4 nitrogen and oxygen atoms in total. The van der Waals surface area contributed by atoms with Gasteiger partial charge in [-0.1, -0.05) is 12.1 Å². The highest BCUT2D eigenvalue weighted by atomic mass is 15.6. The van der Waals surface area contributed by atoms with E-state index in [0.717, 1.165) is 6.42 Å². The first kappa shape index (κ1) is 8.07. The van der Waals surface area contributed by atoms with Crippen molar-refractivity contribution >= 4 is 6.21 Å². The molecule has 0 aromatic heterocycles. The fraction of sp³-hybridized carbons (Fsp3) is 0.800. The van der Waals surface area contributed by atoms with Gasteiger partial charge in [0, 0.05) is 20.3 Å².